The summed E-state index contributed by atoms with van der Waals surface area (Å²) in [4.78, 5) is 2.44. The molecule has 2 unspecified atom stereocenters. The van der Waals surface area contributed by atoms with Crippen LogP contribution in [-0.4, -0.2) is 37.2 Å². The zero-order chi connectivity index (χ0) is 13.9. The molecule has 2 heterocycles. The molecule has 1 aromatic carbocycles. The Morgan fingerprint density at radius 2 is 2.00 bits per heavy atom. The van der Waals surface area contributed by atoms with Crippen LogP contribution in [0.25, 0.3) is 0 Å². The zero-order valence-electron chi connectivity index (χ0n) is 12.2. The minimum Gasteiger partial charge on any atom is -0.490 e. The van der Waals surface area contributed by atoms with E-state index in [0.717, 1.165) is 57.2 Å². The molecule has 3 rings (SSSR count). The van der Waals surface area contributed by atoms with Gasteiger partial charge in [0.25, 0.3) is 0 Å². The predicted octanol–water partition coefficient (Wildman–Crippen LogP) is 2.02. The third-order valence-corrected chi connectivity index (χ3v) is 3.99. The van der Waals surface area contributed by atoms with E-state index in [-0.39, 0.29) is 0 Å². The van der Waals surface area contributed by atoms with Gasteiger partial charge in [-0.15, -0.1) is 0 Å². The van der Waals surface area contributed by atoms with Crippen LogP contribution >= 0.6 is 0 Å². The molecule has 0 spiro atoms. The van der Waals surface area contributed by atoms with Gasteiger partial charge >= 0.3 is 0 Å². The highest BCUT2D eigenvalue weighted by molar-refractivity contribution is 5.43. The first-order valence-corrected chi connectivity index (χ1v) is 7.57. The molecule has 20 heavy (non-hydrogen) atoms. The second kappa shape index (κ2) is 6.02. The van der Waals surface area contributed by atoms with Crippen molar-refractivity contribution in [2.24, 2.45) is 11.7 Å². The summed E-state index contributed by atoms with van der Waals surface area (Å²) in [5, 5.41) is 0. The van der Waals surface area contributed by atoms with Crippen molar-refractivity contribution in [1.29, 1.82) is 0 Å². The first kappa shape index (κ1) is 13.7. The lowest BCUT2D eigenvalue weighted by atomic mass is 9.96. The molecule has 0 aliphatic carbocycles. The number of piperidine rings is 1. The van der Waals surface area contributed by atoms with Crippen LogP contribution in [0.4, 0.5) is 0 Å². The molecule has 0 radical (unpaired) electrons. The third kappa shape index (κ3) is 3.25. The van der Waals surface area contributed by atoms with Crippen LogP contribution in [0.3, 0.4) is 0 Å². The maximum absolute atomic E-state index is 6.11. The normalized spacial score (nSPS) is 27.1. The molecule has 2 N–H and O–H groups in total. The number of rotatable bonds is 2. The summed E-state index contributed by atoms with van der Waals surface area (Å²) in [5.74, 6) is 2.43. The van der Waals surface area contributed by atoms with Crippen LogP contribution in [0, 0.1) is 5.92 Å². The maximum Gasteiger partial charge on any atom is 0.161 e. The van der Waals surface area contributed by atoms with Crippen LogP contribution in [0.2, 0.25) is 0 Å². The largest absolute Gasteiger partial charge is 0.490 e. The molecular weight excluding hydrogens is 252 g/mol. The average Bonchev–Trinajstić information content (AvgIpc) is 2.62. The van der Waals surface area contributed by atoms with Gasteiger partial charge in [-0.3, -0.25) is 4.90 Å². The summed E-state index contributed by atoms with van der Waals surface area (Å²) < 4.78 is 11.4. The Morgan fingerprint density at radius 1 is 1.20 bits per heavy atom. The van der Waals surface area contributed by atoms with Crippen molar-refractivity contribution in [2.75, 3.05) is 26.3 Å². The van der Waals surface area contributed by atoms with E-state index < -0.39 is 0 Å². The fraction of sp³-hybridized carbons (Fsp3) is 0.625. The number of ether oxygens (including phenoxy) is 2. The molecule has 2 aliphatic heterocycles. The SMILES string of the molecule is CC1CC(N)CN(Cc2ccc3c(c2)OCCCO3)C1. The highest BCUT2D eigenvalue weighted by atomic mass is 16.5. The van der Waals surface area contributed by atoms with E-state index in [1.165, 1.54) is 5.56 Å². The number of fused-ring (bicyclic) bond motifs is 1. The van der Waals surface area contributed by atoms with Crippen molar-refractivity contribution in [2.45, 2.75) is 32.4 Å². The number of hydrogen-bond donors (Lipinski definition) is 1. The van der Waals surface area contributed by atoms with E-state index >= 15 is 0 Å². The Hall–Kier alpha value is -1.26. The molecule has 2 aliphatic rings. The summed E-state index contributed by atoms with van der Waals surface area (Å²) >= 11 is 0. The molecule has 110 valence electrons. The first-order chi connectivity index (χ1) is 9.70. The fourth-order valence-electron chi connectivity index (χ4n) is 3.21. The molecule has 1 saturated heterocycles. The van der Waals surface area contributed by atoms with E-state index in [4.69, 9.17) is 15.2 Å². The summed E-state index contributed by atoms with van der Waals surface area (Å²) in [6, 6.07) is 6.59. The summed E-state index contributed by atoms with van der Waals surface area (Å²) in [6.45, 7) is 6.81. The number of likely N-dealkylation sites (tertiary alicyclic amines) is 1. The van der Waals surface area contributed by atoms with Gasteiger partial charge in [0.2, 0.25) is 0 Å². The molecule has 1 aromatic rings. The Balaban J connectivity index is 1.69. The standard InChI is InChI=1S/C16H24N2O2/c1-12-7-14(17)11-18(9-12)10-13-3-4-15-16(8-13)20-6-2-5-19-15/h3-4,8,12,14H,2,5-7,9-11,17H2,1H3. The van der Waals surface area contributed by atoms with Crippen LogP contribution in [-0.2, 0) is 6.54 Å². The van der Waals surface area contributed by atoms with Crippen molar-refractivity contribution in [1.82, 2.24) is 4.90 Å². The average molecular weight is 276 g/mol. The van der Waals surface area contributed by atoms with Gasteiger partial charge in [0.15, 0.2) is 11.5 Å². The number of nitrogens with two attached hydrogens (primary N) is 1. The van der Waals surface area contributed by atoms with Gasteiger partial charge in [0.1, 0.15) is 0 Å². The first-order valence-electron chi connectivity index (χ1n) is 7.57. The second-order valence-electron chi connectivity index (χ2n) is 6.13. The highest BCUT2D eigenvalue weighted by Crippen LogP contribution is 2.31. The minimum absolute atomic E-state index is 0.305. The summed E-state index contributed by atoms with van der Waals surface area (Å²) in [5.41, 5.74) is 7.39. The monoisotopic (exact) mass is 276 g/mol. The van der Waals surface area contributed by atoms with Gasteiger partial charge in [0.05, 0.1) is 13.2 Å². The zero-order valence-corrected chi connectivity index (χ0v) is 12.2. The Kier molecular flexibility index (Phi) is 4.13. The van der Waals surface area contributed by atoms with E-state index in [1.807, 2.05) is 6.07 Å². The summed E-state index contributed by atoms with van der Waals surface area (Å²) in [6.07, 6.45) is 2.08. The molecule has 4 heteroatoms. The number of nitrogens with zero attached hydrogens (tertiary/aromatic N) is 1. The van der Waals surface area contributed by atoms with Crippen molar-refractivity contribution in [3.63, 3.8) is 0 Å². The minimum atomic E-state index is 0.305. The van der Waals surface area contributed by atoms with Crippen molar-refractivity contribution >= 4 is 0 Å². The van der Waals surface area contributed by atoms with Gasteiger partial charge in [0, 0.05) is 32.1 Å². The molecular formula is C16H24N2O2. The lowest BCUT2D eigenvalue weighted by molar-refractivity contribution is 0.158. The van der Waals surface area contributed by atoms with Crippen LogP contribution < -0.4 is 15.2 Å². The van der Waals surface area contributed by atoms with Crippen molar-refractivity contribution in [3.05, 3.63) is 23.8 Å². The lowest BCUT2D eigenvalue weighted by Gasteiger charge is -2.34. The van der Waals surface area contributed by atoms with E-state index in [9.17, 15) is 0 Å². The maximum atomic E-state index is 6.11. The molecule has 0 saturated carbocycles. The Labute approximate surface area is 120 Å². The molecule has 0 bridgehead atoms. The topological polar surface area (TPSA) is 47.7 Å². The Morgan fingerprint density at radius 3 is 2.80 bits per heavy atom. The quantitative estimate of drug-likeness (QED) is 0.897. The lowest BCUT2D eigenvalue weighted by Crippen LogP contribution is -2.45. The highest BCUT2D eigenvalue weighted by Gasteiger charge is 2.22. The van der Waals surface area contributed by atoms with Crippen molar-refractivity contribution < 1.29 is 9.47 Å². The third-order valence-electron chi connectivity index (χ3n) is 3.99. The van der Waals surface area contributed by atoms with E-state index in [2.05, 4.69) is 24.0 Å². The second-order valence-corrected chi connectivity index (χ2v) is 6.13. The summed E-state index contributed by atoms with van der Waals surface area (Å²) in [7, 11) is 0. The van der Waals surface area contributed by atoms with Crippen LogP contribution in [0.1, 0.15) is 25.3 Å². The number of benzene rings is 1. The van der Waals surface area contributed by atoms with E-state index in [1.54, 1.807) is 0 Å². The van der Waals surface area contributed by atoms with Gasteiger partial charge in [-0.2, -0.15) is 0 Å². The van der Waals surface area contributed by atoms with Crippen LogP contribution in [0.15, 0.2) is 18.2 Å². The Bertz CT molecular complexity index is 454. The van der Waals surface area contributed by atoms with Gasteiger partial charge in [-0.25, -0.2) is 0 Å². The molecule has 1 fully saturated rings. The smallest absolute Gasteiger partial charge is 0.161 e. The fourth-order valence-corrected chi connectivity index (χ4v) is 3.21. The predicted molar refractivity (Wildman–Crippen MR) is 79.1 cm³/mol. The van der Waals surface area contributed by atoms with Crippen molar-refractivity contribution in [3.8, 4) is 11.5 Å². The van der Waals surface area contributed by atoms with Gasteiger partial charge < -0.3 is 15.2 Å². The molecule has 0 aromatic heterocycles. The molecule has 4 nitrogen and oxygen atoms in total. The number of hydrogen-bond acceptors (Lipinski definition) is 4. The van der Waals surface area contributed by atoms with Gasteiger partial charge in [-0.05, 0) is 30.0 Å². The molecule has 0 amide bonds. The van der Waals surface area contributed by atoms with Crippen LogP contribution in [0.5, 0.6) is 11.5 Å². The van der Waals surface area contributed by atoms with E-state index in [0.29, 0.717) is 12.0 Å². The molecule has 2 atom stereocenters. The van der Waals surface area contributed by atoms with Gasteiger partial charge in [-0.1, -0.05) is 13.0 Å².